The Labute approximate surface area is 670 Å². The molecule has 0 atom stereocenters. The predicted octanol–water partition coefficient (Wildman–Crippen LogP) is 15.3. The summed E-state index contributed by atoms with van der Waals surface area (Å²) in [5, 5.41) is 21.5. The third kappa shape index (κ3) is 21.5. The average molecular weight is 1670 g/mol. The number of sulfone groups is 1. The van der Waals surface area contributed by atoms with Gasteiger partial charge >= 0.3 is 0 Å². The van der Waals surface area contributed by atoms with E-state index < -0.39 is 36.5 Å². The van der Waals surface area contributed by atoms with E-state index in [4.69, 9.17) is 58.5 Å². The Hall–Kier alpha value is -8.94. The summed E-state index contributed by atoms with van der Waals surface area (Å²) >= 11 is 19.2. The predicted molar refractivity (Wildman–Crippen MR) is 456 cm³/mol. The van der Waals surface area contributed by atoms with E-state index in [-0.39, 0.29) is 27.6 Å². The summed E-state index contributed by atoms with van der Waals surface area (Å²) in [6.07, 6.45) is 8.86. The zero-order chi connectivity index (χ0) is 80.2. The Bertz CT molecular complexity index is 5110. The number of amides is 1. The highest BCUT2D eigenvalue weighted by molar-refractivity contribution is 7.92. The summed E-state index contributed by atoms with van der Waals surface area (Å²) in [5.41, 5.74) is 6.70. The lowest BCUT2D eigenvalue weighted by atomic mass is 10.1. The maximum Gasteiger partial charge on any atom is 0.229 e. The molecular formula is C78H96Cl3N16O11P3S. The fourth-order valence-electron chi connectivity index (χ4n) is 12.7. The second kappa shape index (κ2) is 36.9. The quantitative estimate of drug-likeness (QED) is 0.0290. The molecule has 596 valence electrons. The molecule has 27 nitrogen and oxygen atoms in total. The maximum absolute atomic E-state index is 13.3. The molecule has 6 heterocycles. The van der Waals surface area contributed by atoms with Crippen LogP contribution in [0, 0.1) is 5.92 Å². The third-order valence-electron chi connectivity index (χ3n) is 19.2. The minimum atomic E-state index is -3.65. The lowest BCUT2D eigenvalue weighted by Crippen LogP contribution is -2.49. The number of benzene rings is 6. The van der Waals surface area contributed by atoms with Crippen molar-refractivity contribution in [3.63, 3.8) is 0 Å². The molecule has 0 spiro atoms. The minimum absolute atomic E-state index is 0.159. The zero-order valence-electron chi connectivity index (χ0n) is 64.8. The number of aromatic nitrogens is 6. The molecular weight excluding hydrogens is 1570 g/mol. The molecule has 34 heteroatoms. The van der Waals surface area contributed by atoms with Gasteiger partial charge in [0, 0.05) is 110 Å². The lowest BCUT2D eigenvalue weighted by molar-refractivity contribution is -0.132. The van der Waals surface area contributed by atoms with Gasteiger partial charge in [-0.3, -0.25) is 4.79 Å². The zero-order valence-corrected chi connectivity index (χ0v) is 70.5. The van der Waals surface area contributed by atoms with E-state index in [1.54, 1.807) is 105 Å². The number of piperidine rings is 1. The van der Waals surface area contributed by atoms with Crippen molar-refractivity contribution < 1.29 is 50.6 Å². The van der Waals surface area contributed by atoms with Crippen LogP contribution in [0.1, 0.15) is 39.5 Å². The van der Waals surface area contributed by atoms with Crippen LogP contribution in [-0.2, 0) is 37.8 Å². The molecule has 6 aromatic carbocycles. The summed E-state index contributed by atoms with van der Waals surface area (Å²) < 4.78 is 92.4. The number of piperazine rings is 1. The molecule has 3 aromatic heterocycles. The van der Waals surface area contributed by atoms with Crippen LogP contribution in [0.2, 0.25) is 15.1 Å². The summed E-state index contributed by atoms with van der Waals surface area (Å²) in [6.45, 7) is 21.1. The number of nitrogens with one attached hydrogen (secondary N) is 6. The molecule has 1 amide bonds. The van der Waals surface area contributed by atoms with Crippen LogP contribution in [0.15, 0.2) is 145 Å². The second-order valence-electron chi connectivity index (χ2n) is 28.5. The van der Waals surface area contributed by atoms with Crippen molar-refractivity contribution in [3.8, 4) is 17.2 Å². The van der Waals surface area contributed by atoms with Gasteiger partial charge in [-0.1, -0.05) is 59.1 Å². The third-order valence-corrected chi connectivity index (χ3v) is 26.8. The van der Waals surface area contributed by atoms with Gasteiger partial charge in [-0.2, -0.15) is 15.0 Å². The number of hydrogen-bond acceptors (Lipinski definition) is 26. The van der Waals surface area contributed by atoms with Crippen LogP contribution in [-0.4, -0.2) is 194 Å². The Balaban J connectivity index is 0.000000166. The van der Waals surface area contributed by atoms with Crippen molar-refractivity contribution in [1.29, 1.82) is 0 Å². The van der Waals surface area contributed by atoms with Crippen LogP contribution >= 0.6 is 56.2 Å². The maximum atomic E-state index is 13.3. The standard InChI is InChI=1S/C27H32ClN6O3P.C26H33ClN5O5PS.C25H31ClN5O3P/c1-37-23-16-19(33-12-14-34(15-13-33)26(35)18-8-9-18)10-11-21(23)31-27-29-17-20(28)25(32-27)30-22-6-4-5-7-24(22)38(2,3)36;1-17(2)39(34,35)24-14-18(32-10-12-37-13-11-32)6-8-22(24)29-25-20(27)16-28-26(31-25)30-21-9-7-19(38(4,5)33)15-23(21)36-3;1-33-18-11-13-31(14-12-18)17-9-10-20(22(15-17)34-2)29-25-27-16-19(26)24(30-25)28-21-7-5-6-8-23(21)35(3,4)32/h4-7,10-11,16-18H,8-9,12-15H2,1-3H3,(H2,29,30,31,32);6-9,14-17H,10-13H2,1-5H3,(H2,28,29,30,31);5-10,15-16,18H,11-14H2,1-4H3,(H2,27,28,29,30). The Morgan fingerprint density at radius 3 is 1.28 bits per heavy atom. The van der Waals surface area contributed by atoms with Crippen molar-refractivity contribution in [1.82, 2.24) is 34.8 Å². The van der Waals surface area contributed by atoms with Crippen LogP contribution in [0.25, 0.3) is 0 Å². The Morgan fingerprint density at radius 1 is 0.473 bits per heavy atom. The van der Waals surface area contributed by atoms with Gasteiger partial charge in [0.1, 0.15) is 53.7 Å². The number of para-hydroxylation sites is 2. The Morgan fingerprint density at radius 2 is 0.866 bits per heavy atom. The van der Waals surface area contributed by atoms with E-state index in [1.807, 2.05) is 89.8 Å². The Kier molecular flexibility index (Phi) is 27.7. The molecule has 112 heavy (non-hydrogen) atoms. The first-order valence-corrected chi connectivity index (χ1v) is 47.0. The van der Waals surface area contributed by atoms with Crippen molar-refractivity contribution in [3.05, 3.63) is 155 Å². The highest BCUT2D eigenvalue weighted by Gasteiger charge is 2.35. The first-order valence-electron chi connectivity index (χ1n) is 36.5. The fourth-order valence-corrected chi connectivity index (χ4v) is 17.5. The van der Waals surface area contributed by atoms with Gasteiger partial charge in [0.15, 0.2) is 27.3 Å². The number of halogens is 3. The second-order valence-corrected chi connectivity index (χ2v) is 41.8. The number of morpholine rings is 1. The number of hydrogen-bond donors (Lipinski definition) is 6. The summed E-state index contributed by atoms with van der Waals surface area (Å²) in [4.78, 5) is 47.7. The first kappa shape index (κ1) is 84.0. The molecule has 0 unspecified atom stereocenters. The molecule has 0 bridgehead atoms. The van der Waals surface area contributed by atoms with E-state index in [0.29, 0.717) is 123 Å². The molecule has 1 saturated carbocycles. The molecule has 3 saturated heterocycles. The molecule has 4 aliphatic rings. The van der Waals surface area contributed by atoms with Gasteiger partial charge in [-0.25, -0.2) is 23.4 Å². The van der Waals surface area contributed by atoms with Crippen molar-refractivity contribution in [2.45, 2.75) is 55.8 Å². The van der Waals surface area contributed by atoms with Crippen molar-refractivity contribution >= 4 is 174 Å². The lowest BCUT2D eigenvalue weighted by Gasteiger charge is -2.36. The topological polar surface area (TPSA) is 311 Å². The summed E-state index contributed by atoms with van der Waals surface area (Å²) in [7, 11) is -4.58. The number of carbonyl (C=O) groups is 1. The smallest absolute Gasteiger partial charge is 0.229 e. The van der Waals surface area contributed by atoms with Gasteiger partial charge in [-0.05, 0) is 164 Å². The van der Waals surface area contributed by atoms with Gasteiger partial charge < -0.3 is 88.9 Å². The number of anilines is 15. The number of ether oxygens (including phenoxy) is 5. The van der Waals surface area contributed by atoms with E-state index in [2.05, 4.69) is 82.6 Å². The average Bonchev–Trinajstić information content (AvgIpc) is 0.899. The van der Waals surface area contributed by atoms with Crippen LogP contribution in [0.3, 0.4) is 0 Å². The molecule has 13 rings (SSSR count). The number of rotatable bonds is 25. The molecule has 0 radical (unpaired) electrons. The van der Waals surface area contributed by atoms with Crippen LogP contribution in [0.4, 0.5) is 86.5 Å². The molecule has 9 aromatic rings. The van der Waals surface area contributed by atoms with Crippen LogP contribution < -0.4 is 76.7 Å². The van der Waals surface area contributed by atoms with Gasteiger partial charge in [0.2, 0.25) is 23.8 Å². The summed E-state index contributed by atoms with van der Waals surface area (Å²) in [6, 6.07) is 37.3. The molecule has 1 aliphatic carbocycles. The summed E-state index contributed by atoms with van der Waals surface area (Å²) in [5.74, 6) is 4.34. The van der Waals surface area contributed by atoms with E-state index in [0.717, 1.165) is 98.3 Å². The van der Waals surface area contributed by atoms with E-state index >= 15 is 0 Å². The minimum Gasteiger partial charge on any atom is -0.495 e. The van der Waals surface area contributed by atoms with E-state index in [1.165, 1.54) is 25.7 Å². The van der Waals surface area contributed by atoms with Crippen molar-refractivity contribution in [2.24, 2.45) is 5.92 Å². The normalized spacial score (nSPS) is 14.9. The molecule has 6 N–H and O–H groups in total. The number of methoxy groups -OCH3 is 4. The van der Waals surface area contributed by atoms with Gasteiger partial charge in [0.05, 0.1) is 104 Å². The van der Waals surface area contributed by atoms with Crippen LogP contribution in [0.5, 0.6) is 17.2 Å². The van der Waals surface area contributed by atoms with E-state index in [9.17, 15) is 26.9 Å². The highest BCUT2D eigenvalue weighted by Crippen LogP contribution is 2.44. The first-order chi connectivity index (χ1) is 53.4. The molecule has 3 aliphatic heterocycles. The largest absolute Gasteiger partial charge is 0.495 e. The highest BCUT2D eigenvalue weighted by atomic mass is 35.5. The van der Waals surface area contributed by atoms with Gasteiger partial charge in [0.25, 0.3) is 0 Å². The number of nitrogens with zero attached hydrogens (tertiary/aromatic N) is 10. The molecule has 4 fully saturated rings. The monoisotopic (exact) mass is 1660 g/mol. The number of carbonyl (C=O) groups excluding carboxylic acids is 1. The SMILES string of the molecule is COc1cc(N2CCC(OC)CC2)ccc1Nc1ncc(Cl)c(Nc2ccccc2P(C)(C)=O)n1.COc1cc(N2CCN(C(=O)C3CC3)CC2)ccc1Nc1ncc(Cl)c(Nc2ccccc2P(C)(C)=O)n1.COc1cc(P(C)(C)=O)ccc1Nc1ncc(Cl)c(Nc2ccc(N3CCOCC3)cc2S(=O)(=O)C(C)C)n1. The van der Waals surface area contributed by atoms with Crippen molar-refractivity contribution in [2.75, 3.05) is 181 Å². The van der Waals surface area contributed by atoms with Gasteiger partial charge in [-0.15, -0.1) is 0 Å². The fraction of sp³-hybridized carbons (Fsp3) is 0.372.